The number of ether oxygens (including phenoxy) is 2. The maximum Gasteiger partial charge on any atom is 0.271 e. The molecular weight excluding hydrogens is 348 g/mol. The van der Waals surface area contributed by atoms with Gasteiger partial charge in [0.1, 0.15) is 11.5 Å². The quantitative estimate of drug-likeness (QED) is 0.342. The fourth-order valence-electron chi connectivity index (χ4n) is 1.82. The summed E-state index contributed by atoms with van der Waals surface area (Å²) in [7, 11) is 2.87. The van der Waals surface area contributed by atoms with Crippen LogP contribution in [0.1, 0.15) is 0 Å². The van der Waals surface area contributed by atoms with Crippen LogP contribution in [0, 0.1) is 20.2 Å². The number of rotatable bonds is 6. The number of benzene rings is 2. The predicted molar refractivity (Wildman–Crippen MR) is 93.4 cm³/mol. The van der Waals surface area contributed by atoms with E-state index in [2.05, 4.69) is 5.32 Å². The van der Waals surface area contributed by atoms with Gasteiger partial charge < -0.3 is 20.5 Å². The van der Waals surface area contributed by atoms with Crippen molar-refractivity contribution < 1.29 is 24.1 Å². The fourth-order valence-corrected chi connectivity index (χ4v) is 1.82. The molecule has 11 heteroatoms. The molecule has 0 unspecified atom stereocenters. The van der Waals surface area contributed by atoms with Crippen molar-refractivity contribution in [3.8, 4) is 11.5 Å². The third-order valence-corrected chi connectivity index (χ3v) is 3.03. The smallest absolute Gasteiger partial charge is 0.271 e. The van der Waals surface area contributed by atoms with Crippen molar-refractivity contribution in [2.75, 3.05) is 25.3 Å². The number of hydrogen-bond donors (Lipinski definition) is 2. The number of nitrogens with two attached hydrogens (primary N) is 1. The van der Waals surface area contributed by atoms with Crippen molar-refractivity contribution in [2.45, 2.75) is 0 Å². The van der Waals surface area contributed by atoms with Gasteiger partial charge in [-0.3, -0.25) is 25.0 Å². The van der Waals surface area contributed by atoms with Crippen molar-refractivity contribution in [1.29, 1.82) is 0 Å². The van der Waals surface area contributed by atoms with E-state index in [4.69, 9.17) is 15.2 Å². The number of non-ortho nitro benzene ring substituents is 2. The molecule has 0 aliphatic carbocycles. The van der Waals surface area contributed by atoms with Crippen LogP contribution in [0.4, 0.5) is 22.7 Å². The molecule has 0 heterocycles. The van der Waals surface area contributed by atoms with Gasteiger partial charge in [-0.1, -0.05) is 0 Å². The van der Waals surface area contributed by atoms with Crippen molar-refractivity contribution >= 4 is 29.2 Å². The first-order valence-corrected chi connectivity index (χ1v) is 6.94. The Morgan fingerprint density at radius 2 is 1.46 bits per heavy atom. The Balaban J connectivity index is 0.000000263. The molecule has 26 heavy (non-hydrogen) atoms. The molecule has 0 atom stereocenters. The van der Waals surface area contributed by atoms with Gasteiger partial charge >= 0.3 is 0 Å². The maximum absolute atomic E-state index is 10.4. The van der Waals surface area contributed by atoms with E-state index in [-0.39, 0.29) is 22.7 Å². The number of nitrogens with one attached hydrogen (secondary N) is 1. The standard InChI is InChI=1S/C8H8N2O4.C7H8N2O3/c1-14-8-3-2-6(10(12)13)4-7(8)9-5-11;1-12-7-3-2-5(9(10)11)4-6(7)8/h2-5H,1H3,(H,9,11);2-4H,8H2,1H3. The Kier molecular flexibility index (Phi) is 7.30. The van der Waals surface area contributed by atoms with Gasteiger partial charge in [-0.05, 0) is 12.1 Å². The van der Waals surface area contributed by atoms with Gasteiger partial charge in [0.2, 0.25) is 6.41 Å². The predicted octanol–water partition coefficient (Wildman–Crippen LogP) is 2.36. The molecule has 0 aromatic heterocycles. The Bertz CT molecular complexity index is 811. The molecule has 2 aromatic carbocycles. The lowest BCUT2D eigenvalue weighted by Gasteiger charge is -2.05. The number of nitrogens with zero attached hydrogens (tertiary/aromatic N) is 2. The largest absolute Gasteiger partial charge is 0.495 e. The number of carbonyl (C=O) groups is 1. The molecule has 1 amide bonds. The van der Waals surface area contributed by atoms with E-state index in [0.717, 1.165) is 0 Å². The molecule has 0 saturated heterocycles. The molecule has 2 aromatic rings. The monoisotopic (exact) mass is 364 g/mol. The highest BCUT2D eigenvalue weighted by Crippen LogP contribution is 2.28. The second-order valence-corrected chi connectivity index (χ2v) is 4.59. The van der Waals surface area contributed by atoms with Crippen molar-refractivity contribution in [1.82, 2.24) is 0 Å². The minimum Gasteiger partial charge on any atom is -0.495 e. The molecule has 3 N–H and O–H groups in total. The Labute approximate surface area is 147 Å². The molecular formula is C15H16N4O7. The summed E-state index contributed by atoms with van der Waals surface area (Å²) < 4.78 is 9.72. The molecule has 138 valence electrons. The van der Waals surface area contributed by atoms with Gasteiger partial charge in [0.15, 0.2) is 0 Å². The number of carbonyl (C=O) groups excluding carboxylic acids is 1. The van der Waals surface area contributed by atoms with Gasteiger partial charge in [0, 0.05) is 24.3 Å². The summed E-state index contributed by atoms with van der Waals surface area (Å²) in [6, 6.07) is 8.02. The van der Waals surface area contributed by atoms with Crippen LogP contribution in [-0.2, 0) is 4.79 Å². The lowest BCUT2D eigenvalue weighted by atomic mass is 10.2. The lowest BCUT2D eigenvalue weighted by molar-refractivity contribution is -0.385. The van der Waals surface area contributed by atoms with E-state index in [1.807, 2.05) is 0 Å². The molecule has 2 rings (SSSR count). The number of anilines is 2. The summed E-state index contributed by atoms with van der Waals surface area (Å²) in [5.74, 6) is 0.823. The van der Waals surface area contributed by atoms with Gasteiger partial charge in [-0.25, -0.2) is 0 Å². The summed E-state index contributed by atoms with van der Waals surface area (Å²) in [6.07, 6.45) is 0.432. The molecule has 11 nitrogen and oxygen atoms in total. The van der Waals surface area contributed by atoms with E-state index >= 15 is 0 Å². The van der Waals surface area contributed by atoms with Crippen LogP contribution >= 0.6 is 0 Å². The third kappa shape index (κ3) is 5.33. The number of nitro benzene ring substituents is 2. The number of nitro groups is 2. The second-order valence-electron chi connectivity index (χ2n) is 4.59. The zero-order valence-corrected chi connectivity index (χ0v) is 13.9. The van der Waals surface area contributed by atoms with E-state index < -0.39 is 9.85 Å². The molecule has 0 bridgehead atoms. The first-order chi connectivity index (χ1) is 12.3. The number of nitrogen functional groups attached to an aromatic ring is 1. The van der Waals surface area contributed by atoms with Crippen LogP contribution in [0.25, 0.3) is 0 Å². The molecule has 0 fully saturated rings. The molecule has 0 spiro atoms. The third-order valence-electron chi connectivity index (χ3n) is 3.03. The Hall–Kier alpha value is -3.89. The van der Waals surface area contributed by atoms with Crippen LogP contribution < -0.4 is 20.5 Å². The number of amides is 1. The maximum atomic E-state index is 10.4. The normalized spacial score (nSPS) is 9.31. The van der Waals surface area contributed by atoms with E-state index in [1.165, 1.54) is 50.6 Å². The van der Waals surface area contributed by atoms with Gasteiger partial charge in [0.05, 0.1) is 35.4 Å². The second kappa shape index (κ2) is 9.42. The SMILES string of the molecule is COc1ccc([N+](=O)[O-])cc1N.COc1ccc([N+](=O)[O-])cc1NC=O. The minimum atomic E-state index is -0.546. The van der Waals surface area contributed by atoms with Crippen molar-refractivity contribution in [3.63, 3.8) is 0 Å². The number of hydrogen-bond acceptors (Lipinski definition) is 8. The summed E-state index contributed by atoms with van der Waals surface area (Å²) in [4.78, 5) is 29.8. The van der Waals surface area contributed by atoms with Crippen LogP contribution in [0.15, 0.2) is 36.4 Å². The number of methoxy groups -OCH3 is 2. The van der Waals surface area contributed by atoms with Crippen molar-refractivity contribution in [2.24, 2.45) is 0 Å². The summed E-state index contributed by atoms with van der Waals surface area (Å²) in [6.45, 7) is 0. The summed E-state index contributed by atoms with van der Waals surface area (Å²) in [5, 5.41) is 23.0. The minimum absolute atomic E-state index is 0.0340. The van der Waals surface area contributed by atoms with Gasteiger partial charge in [0.25, 0.3) is 11.4 Å². The highest BCUT2D eigenvalue weighted by atomic mass is 16.6. The highest BCUT2D eigenvalue weighted by Gasteiger charge is 2.10. The van der Waals surface area contributed by atoms with E-state index in [9.17, 15) is 25.0 Å². The summed E-state index contributed by atoms with van der Waals surface area (Å²) in [5.41, 5.74) is 5.85. The first kappa shape index (κ1) is 20.2. The van der Waals surface area contributed by atoms with Crippen LogP contribution in [0.2, 0.25) is 0 Å². The Morgan fingerprint density at radius 3 is 1.88 bits per heavy atom. The van der Waals surface area contributed by atoms with Crippen LogP contribution in [-0.4, -0.2) is 30.5 Å². The van der Waals surface area contributed by atoms with Gasteiger partial charge in [-0.2, -0.15) is 0 Å². The zero-order chi connectivity index (χ0) is 19.7. The first-order valence-electron chi connectivity index (χ1n) is 6.94. The molecule has 0 aliphatic rings. The highest BCUT2D eigenvalue weighted by molar-refractivity contribution is 5.76. The van der Waals surface area contributed by atoms with Gasteiger partial charge in [-0.15, -0.1) is 0 Å². The van der Waals surface area contributed by atoms with E-state index in [0.29, 0.717) is 17.9 Å². The average Bonchev–Trinajstić information content (AvgIpc) is 2.62. The molecule has 0 saturated carbocycles. The van der Waals surface area contributed by atoms with Crippen LogP contribution in [0.3, 0.4) is 0 Å². The van der Waals surface area contributed by atoms with E-state index in [1.54, 1.807) is 0 Å². The average molecular weight is 364 g/mol. The lowest BCUT2D eigenvalue weighted by Crippen LogP contribution is -1.98. The molecule has 0 radical (unpaired) electrons. The van der Waals surface area contributed by atoms with Crippen LogP contribution in [0.5, 0.6) is 11.5 Å². The summed E-state index contributed by atoms with van der Waals surface area (Å²) >= 11 is 0. The zero-order valence-electron chi connectivity index (χ0n) is 13.9. The molecule has 0 aliphatic heterocycles. The fraction of sp³-hybridized carbons (Fsp3) is 0.133. The topological polar surface area (TPSA) is 160 Å². The Morgan fingerprint density at radius 1 is 0.962 bits per heavy atom. The van der Waals surface area contributed by atoms with Crippen molar-refractivity contribution in [3.05, 3.63) is 56.6 Å².